The molecule has 0 heterocycles. The summed E-state index contributed by atoms with van der Waals surface area (Å²) in [5.74, 6) is -1.62. The Morgan fingerprint density at radius 1 is 0.960 bits per heavy atom. The number of carbonyl (C=O) groups is 3. The minimum Gasteiger partial charge on any atom is -0.497 e. The number of anilines is 2. The molecule has 25 heavy (non-hydrogen) atoms. The summed E-state index contributed by atoms with van der Waals surface area (Å²) in [6.45, 7) is -0.330. The van der Waals surface area contributed by atoms with E-state index in [1.54, 1.807) is 48.5 Å². The van der Waals surface area contributed by atoms with Crippen LogP contribution in [0.3, 0.4) is 0 Å². The van der Waals surface area contributed by atoms with E-state index < -0.39 is 17.7 Å². The van der Waals surface area contributed by atoms with Gasteiger partial charge in [-0.3, -0.25) is 14.4 Å². The number of amides is 3. The fraction of sp³-hybridized carbons (Fsp3) is 0.118. The Bertz CT molecular complexity index is 778. The second kappa shape index (κ2) is 8.84. The second-order valence-electron chi connectivity index (χ2n) is 4.92. The average molecular weight is 406 g/mol. The lowest BCUT2D eigenvalue weighted by Gasteiger charge is -2.08. The summed E-state index contributed by atoms with van der Waals surface area (Å²) in [7, 11) is 1.52. The minimum absolute atomic E-state index is 0.330. The molecule has 7 nitrogen and oxygen atoms in total. The second-order valence-corrected chi connectivity index (χ2v) is 5.84. The smallest absolute Gasteiger partial charge is 0.313 e. The van der Waals surface area contributed by atoms with Crippen LogP contribution in [-0.4, -0.2) is 31.4 Å². The maximum atomic E-state index is 11.8. The fourth-order valence-corrected chi connectivity index (χ4v) is 2.13. The zero-order valence-corrected chi connectivity index (χ0v) is 14.9. The van der Waals surface area contributed by atoms with Crippen molar-refractivity contribution in [3.8, 4) is 5.75 Å². The normalized spacial score (nSPS) is 9.84. The van der Waals surface area contributed by atoms with Crippen LogP contribution in [0.2, 0.25) is 0 Å². The molecule has 8 heteroatoms. The molecule has 0 fully saturated rings. The van der Waals surface area contributed by atoms with Gasteiger partial charge >= 0.3 is 11.8 Å². The molecule has 0 aliphatic heterocycles. The van der Waals surface area contributed by atoms with E-state index in [2.05, 4.69) is 31.9 Å². The summed E-state index contributed by atoms with van der Waals surface area (Å²) < 4.78 is 5.90. The van der Waals surface area contributed by atoms with Crippen molar-refractivity contribution in [3.05, 3.63) is 53.0 Å². The van der Waals surface area contributed by atoms with E-state index in [0.29, 0.717) is 17.1 Å². The molecule has 2 aromatic rings. The van der Waals surface area contributed by atoms with Gasteiger partial charge in [-0.25, -0.2) is 0 Å². The van der Waals surface area contributed by atoms with E-state index in [0.717, 1.165) is 4.47 Å². The number of carbonyl (C=O) groups excluding carboxylic acids is 3. The molecule has 0 atom stereocenters. The van der Waals surface area contributed by atoms with Gasteiger partial charge in [-0.15, -0.1) is 0 Å². The molecule has 0 saturated heterocycles. The molecule has 3 N–H and O–H groups in total. The van der Waals surface area contributed by atoms with Gasteiger partial charge in [0.2, 0.25) is 5.91 Å². The standard InChI is InChI=1S/C17H16BrN3O4/c1-25-14-4-2-3-13(9-14)20-15(22)10-19-16(23)17(24)21-12-7-5-11(18)6-8-12/h2-9H,10H2,1H3,(H,19,23)(H,20,22)(H,21,24). The van der Waals surface area contributed by atoms with Crippen molar-refractivity contribution in [3.63, 3.8) is 0 Å². The van der Waals surface area contributed by atoms with Gasteiger partial charge < -0.3 is 20.7 Å². The topological polar surface area (TPSA) is 96.5 Å². The van der Waals surface area contributed by atoms with Gasteiger partial charge in [-0.05, 0) is 36.4 Å². The molecule has 0 aliphatic carbocycles. The van der Waals surface area contributed by atoms with Crippen molar-refractivity contribution < 1.29 is 19.1 Å². The Morgan fingerprint density at radius 3 is 2.36 bits per heavy atom. The van der Waals surface area contributed by atoms with Crippen molar-refractivity contribution in [2.75, 3.05) is 24.3 Å². The zero-order valence-electron chi connectivity index (χ0n) is 13.3. The molecular formula is C17H16BrN3O4. The number of methoxy groups -OCH3 is 1. The summed E-state index contributed by atoms with van der Waals surface area (Å²) in [5.41, 5.74) is 1.00. The van der Waals surface area contributed by atoms with E-state index in [4.69, 9.17) is 4.74 Å². The SMILES string of the molecule is COc1cccc(NC(=O)CNC(=O)C(=O)Nc2ccc(Br)cc2)c1. The van der Waals surface area contributed by atoms with Crippen LogP contribution in [0.4, 0.5) is 11.4 Å². The van der Waals surface area contributed by atoms with Gasteiger partial charge in [0.1, 0.15) is 5.75 Å². The largest absolute Gasteiger partial charge is 0.497 e. The molecule has 2 rings (SSSR count). The van der Waals surface area contributed by atoms with E-state index in [-0.39, 0.29) is 6.54 Å². The summed E-state index contributed by atoms with van der Waals surface area (Å²) in [6.07, 6.45) is 0. The number of rotatable bonds is 5. The molecular weight excluding hydrogens is 390 g/mol. The molecule has 0 unspecified atom stereocenters. The van der Waals surface area contributed by atoms with Crippen LogP contribution >= 0.6 is 15.9 Å². The van der Waals surface area contributed by atoms with E-state index in [1.165, 1.54) is 7.11 Å². The first-order valence-electron chi connectivity index (χ1n) is 7.26. The van der Waals surface area contributed by atoms with E-state index in [1.807, 2.05) is 0 Å². The van der Waals surface area contributed by atoms with Gasteiger partial charge in [-0.2, -0.15) is 0 Å². The third-order valence-corrected chi connectivity index (χ3v) is 3.60. The minimum atomic E-state index is -0.899. The van der Waals surface area contributed by atoms with Crippen LogP contribution in [0.1, 0.15) is 0 Å². The van der Waals surface area contributed by atoms with Crippen LogP contribution in [0.5, 0.6) is 5.75 Å². The van der Waals surface area contributed by atoms with Gasteiger partial charge in [-0.1, -0.05) is 22.0 Å². The van der Waals surface area contributed by atoms with Gasteiger partial charge in [0, 0.05) is 21.9 Å². The first kappa shape index (κ1) is 18.5. The molecule has 0 aliphatic rings. The predicted molar refractivity (Wildman–Crippen MR) is 97.4 cm³/mol. The predicted octanol–water partition coefficient (Wildman–Crippen LogP) is 2.15. The number of hydrogen-bond donors (Lipinski definition) is 3. The molecule has 0 spiro atoms. The van der Waals surface area contributed by atoms with Crippen LogP contribution in [-0.2, 0) is 14.4 Å². The Morgan fingerprint density at radius 2 is 1.68 bits per heavy atom. The third-order valence-electron chi connectivity index (χ3n) is 3.07. The van der Waals surface area contributed by atoms with E-state index in [9.17, 15) is 14.4 Å². The summed E-state index contributed by atoms with van der Waals surface area (Å²) >= 11 is 3.27. The molecule has 0 radical (unpaired) electrons. The van der Waals surface area contributed by atoms with Crippen molar-refractivity contribution in [2.45, 2.75) is 0 Å². The lowest BCUT2D eigenvalue weighted by molar-refractivity contribution is -0.136. The highest BCUT2D eigenvalue weighted by Gasteiger charge is 2.15. The molecule has 0 saturated carbocycles. The van der Waals surface area contributed by atoms with Crippen LogP contribution < -0.4 is 20.7 Å². The van der Waals surface area contributed by atoms with Crippen LogP contribution in [0, 0.1) is 0 Å². The average Bonchev–Trinajstić information content (AvgIpc) is 2.61. The van der Waals surface area contributed by atoms with Gasteiger partial charge in [0.05, 0.1) is 13.7 Å². The Kier molecular flexibility index (Phi) is 6.53. The number of nitrogens with one attached hydrogen (secondary N) is 3. The number of hydrogen-bond acceptors (Lipinski definition) is 4. The molecule has 2 aromatic carbocycles. The van der Waals surface area contributed by atoms with Gasteiger partial charge in [0.25, 0.3) is 0 Å². The number of halogens is 1. The highest BCUT2D eigenvalue weighted by atomic mass is 79.9. The van der Waals surface area contributed by atoms with Crippen molar-refractivity contribution in [1.82, 2.24) is 5.32 Å². The molecule has 0 aromatic heterocycles. The highest BCUT2D eigenvalue weighted by molar-refractivity contribution is 9.10. The van der Waals surface area contributed by atoms with Crippen molar-refractivity contribution in [2.24, 2.45) is 0 Å². The summed E-state index contributed by atoms with van der Waals surface area (Å²) in [5, 5.41) is 7.29. The van der Waals surface area contributed by atoms with E-state index >= 15 is 0 Å². The summed E-state index contributed by atoms with van der Waals surface area (Å²) in [6, 6.07) is 13.5. The van der Waals surface area contributed by atoms with Crippen LogP contribution in [0.25, 0.3) is 0 Å². The molecule has 130 valence electrons. The first-order valence-corrected chi connectivity index (χ1v) is 8.06. The summed E-state index contributed by atoms with van der Waals surface area (Å²) in [4.78, 5) is 35.3. The quantitative estimate of drug-likeness (QED) is 0.663. The Labute approximate surface area is 152 Å². The monoisotopic (exact) mass is 405 g/mol. The fourth-order valence-electron chi connectivity index (χ4n) is 1.87. The van der Waals surface area contributed by atoms with Crippen molar-refractivity contribution in [1.29, 1.82) is 0 Å². The Balaban J connectivity index is 1.80. The lowest BCUT2D eigenvalue weighted by Crippen LogP contribution is -2.39. The maximum Gasteiger partial charge on any atom is 0.313 e. The van der Waals surface area contributed by atoms with Gasteiger partial charge in [0.15, 0.2) is 0 Å². The van der Waals surface area contributed by atoms with Crippen LogP contribution in [0.15, 0.2) is 53.0 Å². The maximum absolute atomic E-state index is 11.8. The first-order chi connectivity index (χ1) is 12.0. The molecule has 3 amide bonds. The highest BCUT2D eigenvalue weighted by Crippen LogP contribution is 2.16. The number of benzene rings is 2. The van der Waals surface area contributed by atoms with Crippen molar-refractivity contribution >= 4 is 45.0 Å². The number of ether oxygens (including phenoxy) is 1. The third kappa shape index (κ3) is 5.92. The molecule has 0 bridgehead atoms. The Hall–Kier alpha value is -2.87. The zero-order chi connectivity index (χ0) is 18.2. The lowest BCUT2D eigenvalue weighted by atomic mass is 10.3.